The van der Waals surface area contributed by atoms with Crippen molar-refractivity contribution in [3.05, 3.63) is 0 Å². The van der Waals surface area contributed by atoms with Gasteiger partial charge in [-0.15, -0.1) is 0 Å². The van der Waals surface area contributed by atoms with Crippen molar-refractivity contribution in [1.82, 2.24) is 16.0 Å². The van der Waals surface area contributed by atoms with E-state index in [2.05, 4.69) is 5.32 Å². The van der Waals surface area contributed by atoms with Crippen molar-refractivity contribution in [2.24, 2.45) is 0 Å². The molecule has 0 bridgehead atoms. The molecule has 0 saturated carbocycles. The van der Waals surface area contributed by atoms with Gasteiger partial charge in [-0.25, -0.2) is 4.79 Å². The number of aliphatic hydroxyl groups excluding tert-OH is 5. The predicted octanol–water partition coefficient (Wildman–Crippen LogP) is -6.35. The molecule has 2 heterocycles. The molecular weight excluding hydrogens is 550 g/mol. The number of hydrogen-bond acceptors (Lipinski definition) is 14. The molecule has 0 radical (unpaired) electrons. The zero-order chi connectivity index (χ0) is 30.5. The highest BCUT2D eigenvalue weighted by Crippen LogP contribution is 2.32. The SMILES string of the molecule is CC(=O)N[C@H]1[C@@H](O[C@H]2[C@@H](CO)OC(O)[C@@](O)(NC(C)=O)[C@H]2O)O[C@H](C(=O)N[C@@H](CCC(=O)O)C(=O)O)[C@H](O)[C@@H]1O. The fourth-order valence-corrected chi connectivity index (χ4v) is 4.19. The van der Waals surface area contributed by atoms with Gasteiger partial charge in [-0.2, -0.15) is 0 Å². The molecule has 40 heavy (non-hydrogen) atoms. The number of hydrogen-bond donors (Lipinski definition) is 11. The highest BCUT2D eigenvalue weighted by molar-refractivity contribution is 5.87. The van der Waals surface area contributed by atoms with Crippen LogP contribution in [0, 0.1) is 0 Å². The summed E-state index contributed by atoms with van der Waals surface area (Å²) in [6.07, 6.45) is -17.4. The second kappa shape index (κ2) is 13.6. The Balaban J connectivity index is 2.38. The van der Waals surface area contributed by atoms with Crippen LogP contribution in [0.5, 0.6) is 0 Å². The van der Waals surface area contributed by atoms with Crippen molar-refractivity contribution in [2.75, 3.05) is 6.61 Å². The molecular formula is C21H33N3O16. The third kappa shape index (κ3) is 7.59. The fourth-order valence-electron chi connectivity index (χ4n) is 4.19. The van der Waals surface area contributed by atoms with E-state index < -0.39 is 116 Å². The van der Waals surface area contributed by atoms with Gasteiger partial charge in [-0.1, -0.05) is 0 Å². The van der Waals surface area contributed by atoms with Gasteiger partial charge in [-0.3, -0.25) is 19.2 Å². The fraction of sp³-hybridized carbons (Fsp3) is 0.762. The lowest BCUT2D eigenvalue weighted by Gasteiger charge is -2.49. The predicted molar refractivity (Wildman–Crippen MR) is 122 cm³/mol. The summed E-state index contributed by atoms with van der Waals surface area (Å²) in [5.41, 5.74) is -2.89. The van der Waals surface area contributed by atoms with Gasteiger partial charge >= 0.3 is 11.9 Å². The molecule has 1 unspecified atom stereocenters. The van der Waals surface area contributed by atoms with E-state index in [1.54, 1.807) is 0 Å². The Bertz CT molecular complexity index is 966. The van der Waals surface area contributed by atoms with Crippen molar-refractivity contribution in [3.8, 4) is 0 Å². The normalized spacial score (nSPS) is 36.6. The first-order valence-corrected chi connectivity index (χ1v) is 11.9. The molecule has 0 aromatic rings. The van der Waals surface area contributed by atoms with E-state index in [9.17, 15) is 59.7 Å². The van der Waals surface area contributed by atoms with Crippen LogP contribution in [-0.2, 0) is 38.2 Å². The van der Waals surface area contributed by atoms with Crippen LogP contribution in [0.25, 0.3) is 0 Å². The van der Waals surface area contributed by atoms with Gasteiger partial charge in [0.2, 0.25) is 23.8 Å². The van der Waals surface area contributed by atoms with Crippen molar-refractivity contribution in [1.29, 1.82) is 0 Å². The Morgan fingerprint density at radius 3 is 2.10 bits per heavy atom. The number of aliphatic hydroxyl groups is 6. The third-order valence-corrected chi connectivity index (χ3v) is 6.15. The first kappa shape index (κ1) is 33.2. The van der Waals surface area contributed by atoms with Gasteiger partial charge in [0, 0.05) is 20.3 Å². The lowest BCUT2D eigenvalue weighted by atomic mass is 9.92. The van der Waals surface area contributed by atoms with Gasteiger partial charge in [0.15, 0.2) is 12.4 Å². The first-order chi connectivity index (χ1) is 18.5. The van der Waals surface area contributed by atoms with Crippen LogP contribution in [0.2, 0.25) is 0 Å². The van der Waals surface area contributed by atoms with Crippen LogP contribution in [0.3, 0.4) is 0 Å². The highest BCUT2D eigenvalue weighted by Gasteiger charge is 2.58. The van der Waals surface area contributed by atoms with Gasteiger partial charge < -0.3 is 71.0 Å². The van der Waals surface area contributed by atoms with E-state index in [1.165, 1.54) is 0 Å². The lowest BCUT2D eigenvalue weighted by molar-refractivity contribution is -0.366. The highest BCUT2D eigenvalue weighted by atomic mass is 16.7. The molecule has 0 aromatic heterocycles. The average Bonchev–Trinajstić information content (AvgIpc) is 2.85. The second-order valence-electron chi connectivity index (χ2n) is 9.23. The molecule has 11 N–H and O–H groups in total. The van der Waals surface area contributed by atoms with Crippen molar-refractivity contribution < 1.29 is 79.0 Å². The Labute approximate surface area is 225 Å². The maximum absolute atomic E-state index is 12.8. The van der Waals surface area contributed by atoms with E-state index in [1.807, 2.05) is 10.6 Å². The number of ether oxygens (including phenoxy) is 3. The number of aliphatic carboxylic acids is 2. The van der Waals surface area contributed by atoms with Crippen LogP contribution in [0.15, 0.2) is 0 Å². The first-order valence-electron chi connectivity index (χ1n) is 11.9. The molecule has 2 saturated heterocycles. The van der Waals surface area contributed by atoms with E-state index in [0.29, 0.717) is 0 Å². The quantitative estimate of drug-likeness (QED) is 0.101. The number of carboxylic acids is 2. The summed E-state index contributed by atoms with van der Waals surface area (Å²) in [7, 11) is 0. The minimum atomic E-state index is -2.89. The van der Waals surface area contributed by atoms with Gasteiger partial charge in [-0.05, 0) is 6.42 Å². The minimum Gasteiger partial charge on any atom is -0.481 e. The number of carbonyl (C=O) groups is 5. The number of carboxylic acid groups (broad SMARTS) is 2. The molecule has 19 heteroatoms. The van der Waals surface area contributed by atoms with Crippen LogP contribution < -0.4 is 16.0 Å². The zero-order valence-corrected chi connectivity index (χ0v) is 21.2. The van der Waals surface area contributed by atoms with Crippen molar-refractivity contribution in [3.63, 3.8) is 0 Å². The molecule has 0 spiro atoms. The maximum Gasteiger partial charge on any atom is 0.326 e. The standard InChI is InChI=1S/C21H33N3O16/c1-6(26)22-11-12(30)13(31)15(17(33)23-8(18(34)35)3-4-10(28)29)40-19(11)39-14-9(5-25)38-20(36)21(37,16(14)32)24-7(2)27/h8-9,11-16,19-20,25,30-32,36-37H,3-5H2,1-2H3,(H,22,26)(H,23,33)(H,24,27)(H,28,29)(H,34,35)/t8-,9+,11+,12+,13+,14-,15-,16-,19-,20?,21+/m0/s1. The average molecular weight is 584 g/mol. The van der Waals surface area contributed by atoms with E-state index in [4.69, 9.17) is 19.3 Å². The topological polar surface area (TPSA) is 311 Å². The van der Waals surface area contributed by atoms with E-state index in [-0.39, 0.29) is 0 Å². The summed E-state index contributed by atoms with van der Waals surface area (Å²) in [5.74, 6) is -6.02. The number of rotatable bonds is 11. The van der Waals surface area contributed by atoms with Gasteiger partial charge in [0.25, 0.3) is 5.91 Å². The molecule has 3 amide bonds. The molecule has 0 aliphatic carbocycles. The Hall–Kier alpha value is -3.01. The summed E-state index contributed by atoms with van der Waals surface area (Å²) in [6, 6.07) is -3.42. The van der Waals surface area contributed by atoms with Gasteiger partial charge in [0.05, 0.1) is 6.61 Å². The summed E-state index contributed by atoms with van der Waals surface area (Å²) >= 11 is 0. The number of carbonyl (C=O) groups excluding carboxylic acids is 3. The smallest absolute Gasteiger partial charge is 0.326 e. The van der Waals surface area contributed by atoms with Gasteiger partial charge in [0.1, 0.15) is 42.6 Å². The summed E-state index contributed by atoms with van der Waals surface area (Å²) in [5, 5.41) is 86.7. The monoisotopic (exact) mass is 583 g/mol. The Morgan fingerprint density at radius 2 is 1.60 bits per heavy atom. The Morgan fingerprint density at radius 1 is 0.975 bits per heavy atom. The van der Waals surface area contributed by atoms with Crippen LogP contribution in [0.1, 0.15) is 26.7 Å². The van der Waals surface area contributed by atoms with Crippen LogP contribution in [0.4, 0.5) is 0 Å². The lowest BCUT2D eigenvalue weighted by Crippen LogP contribution is -2.75. The summed E-state index contributed by atoms with van der Waals surface area (Å²) < 4.78 is 16.0. The molecule has 2 aliphatic heterocycles. The maximum atomic E-state index is 12.8. The molecule has 228 valence electrons. The van der Waals surface area contributed by atoms with Crippen molar-refractivity contribution >= 4 is 29.7 Å². The molecule has 2 aliphatic rings. The van der Waals surface area contributed by atoms with Crippen LogP contribution >= 0.6 is 0 Å². The number of amides is 3. The molecule has 19 nitrogen and oxygen atoms in total. The number of nitrogens with one attached hydrogen (secondary N) is 3. The third-order valence-electron chi connectivity index (χ3n) is 6.15. The molecule has 2 rings (SSSR count). The largest absolute Gasteiger partial charge is 0.481 e. The Kier molecular flexibility index (Phi) is 11.3. The second-order valence-corrected chi connectivity index (χ2v) is 9.23. The summed E-state index contributed by atoms with van der Waals surface area (Å²) in [4.78, 5) is 58.4. The van der Waals surface area contributed by atoms with Crippen LogP contribution in [-0.4, -0.2) is 144 Å². The van der Waals surface area contributed by atoms with E-state index in [0.717, 1.165) is 13.8 Å². The zero-order valence-electron chi connectivity index (χ0n) is 21.2. The van der Waals surface area contributed by atoms with E-state index >= 15 is 0 Å². The molecule has 11 atom stereocenters. The molecule has 2 fully saturated rings. The summed E-state index contributed by atoms with van der Waals surface area (Å²) in [6.45, 7) is 0.992. The minimum absolute atomic E-state index is 0.552. The molecule has 0 aromatic carbocycles. The van der Waals surface area contributed by atoms with Crippen molar-refractivity contribution in [2.45, 2.75) is 93.7 Å².